The Balaban J connectivity index is 0.00000127. The van der Waals surface area contributed by atoms with Gasteiger partial charge >= 0.3 is 5.97 Å². The molecule has 0 aliphatic carbocycles. The number of nitrogens with one attached hydrogen (secondary N) is 1. The van der Waals surface area contributed by atoms with E-state index in [4.69, 9.17) is 10.4 Å². The van der Waals surface area contributed by atoms with Crippen LogP contribution in [0.15, 0.2) is 48.5 Å². The highest BCUT2D eigenvalue weighted by molar-refractivity contribution is 6.05. The molecule has 2 aromatic carbocycles. The average Bonchev–Trinajstić information content (AvgIpc) is 2.57. The monoisotopic (exact) mass is 310 g/mol. The van der Waals surface area contributed by atoms with Crippen molar-refractivity contribution in [2.24, 2.45) is 0 Å². The minimum atomic E-state index is -0.992. The zero-order valence-electron chi connectivity index (χ0n) is 13.0. The van der Waals surface area contributed by atoms with E-state index in [0.717, 1.165) is 0 Å². The van der Waals surface area contributed by atoms with E-state index in [9.17, 15) is 9.59 Å². The lowest BCUT2D eigenvalue weighted by Crippen LogP contribution is -2.15. The molecule has 0 aliphatic rings. The standard InChI is InChI=1S/C16H12N2O3.C2H6/c17-10-11-5-7-13(8-6-11)18-16(21)14-4-2-1-3-12(14)9-15(19)20;1-2/h1-8H,9H2,(H,18,21)(H,19,20);1-2H3. The largest absolute Gasteiger partial charge is 0.481 e. The molecule has 5 heteroatoms. The number of hydrogen-bond donors (Lipinski definition) is 2. The van der Waals surface area contributed by atoms with Crippen LogP contribution in [0.5, 0.6) is 0 Å². The zero-order chi connectivity index (χ0) is 17.2. The summed E-state index contributed by atoms with van der Waals surface area (Å²) in [4.78, 5) is 23.0. The summed E-state index contributed by atoms with van der Waals surface area (Å²) in [5.74, 6) is -1.37. The fourth-order valence-electron chi connectivity index (χ4n) is 1.89. The maximum atomic E-state index is 12.2. The topological polar surface area (TPSA) is 90.2 Å². The van der Waals surface area contributed by atoms with Gasteiger partial charge in [0.1, 0.15) is 0 Å². The third-order valence-corrected chi connectivity index (χ3v) is 2.88. The molecule has 2 N–H and O–H groups in total. The summed E-state index contributed by atoms with van der Waals surface area (Å²) in [6.45, 7) is 4.00. The lowest BCUT2D eigenvalue weighted by molar-refractivity contribution is -0.136. The van der Waals surface area contributed by atoms with Crippen molar-refractivity contribution in [1.29, 1.82) is 5.26 Å². The van der Waals surface area contributed by atoms with E-state index in [-0.39, 0.29) is 12.3 Å². The van der Waals surface area contributed by atoms with Crippen LogP contribution in [-0.2, 0) is 11.2 Å². The lowest BCUT2D eigenvalue weighted by atomic mass is 10.0. The van der Waals surface area contributed by atoms with Gasteiger partial charge in [0, 0.05) is 11.3 Å². The number of aliphatic carboxylic acids is 1. The highest BCUT2D eigenvalue weighted by atomic mass is 16.4. The Labute approximate surface area is 135 Å². The van der Waals surface area contributed by atoms with Gasteiger partial charge in [0.15, 0.2) is 0 Å². The van der Waals surface area contributed by atoms with Gasteiger partial charge in [0.25, 0.3) is 5.91 Å². The molecule has 0 bridgehead atoms. The van der Waals surface area contributed by atoms with E-state index < -0.39 is 5.97 Å². The molecule has 118 valence electrons. The van der Waals surface area contributed by atoms with Crippen molar-refractivity contribution in [2.75, 3.05) is 5.32 Å². The number of nitriles is 1. The van der Waals surface area contributed by atoms with Gasteiger partial charge in [-0.05, 0) is 35.9 Å². The van der Waals surface area contributed by atoms with E-state index in [1.807, 2.05) is 19.9 Å². The first-order chi connectivity index (χ1) is 11.1. The van der Waals surface area contributed by atoms with E-state index in [2.05, 4.69) is 5.32 Å². The van der Waals surface area contributed by atoms with Crippen LogP contribution in [0.3, 0.4) is 0 Å². The minimum absolute atomic E-state index is 0.211. The molecule has 0 radical (unpaired) electrons. The Morgan fingerprint density at radius 2 is 1.70 bits per heavy atom. The predicted molar refractivity (Wildman–Crippen MR) is 88.2 cm³/mol. The van der Waals surface area contributed by atoms with E-state index in [0.29, 0.717) is 22.4 Å². The molecular weight excluding hydrogens is 292 g/mol. The van der Waals surface area contributed by atoms with E-state index in [1.165, 1.54) is 0 Å². The molecule has 0 heterocycles. The Hall–Kier alpha value is -3.13. The molecular formula is C18H18N2O3. The molecule has 0 spiro atoms. The normalized spacial score (nSPS) is 9.09. The maximum absolute atomic E-state index is 12.2. The average molecular weight is 310 g/mol. The first-order valence-corrected chi connectivity index (χ1v) is 7.21. The number of rotatable bonds is 4. The highest BCUT2D eigenvalue weighted by Gasteiger charge is 2.13. The number of amides is 1. The first-order valence-electron chi connectivity index (χ1n) is 7.21. The van der Waals surface area contributed by atoms with Gasteiger partial charge in [-0.2, -0.15) is 5.26 Å². The van der Waals surface area contributed by atoms with Gasteiger partial charge < -0.3 is 10.4 Å². The fourth-order valence-corrected chi connectivity index (χ4v) is 1.89. The van der Waals surface area contributed by atoms with Gasteiger partial charge in [-0.1, -0.05) is 32.0 Å². The third-order valence-electron chi connectivity index (χ3n) is 2.88. The van der Waals surface area contributed by atoms with Crippen LogP contribution in [0.4, 0.5) is 5.69 Å². The van der Waals surface area contributed by atoms with Crippen LogP contribution in [0.25, 0.3) is 0 Å². The number of hydrogen-bond acceptors (Lipinski definition) is 3. The van der Waals surface area contributed by atoms with Crippen molar-refractivity contribution in [3.63, 3.8) is 0 Å². The summed E-state index contributed by atoms with van der Waals surface area (Å²) in [5.41, 5.74) is 1.82. The number of benzene rings is 2. The second-order valence-electron chi connectivity index (χ2n) is 4.37. The van der Waals surface area contributed by atoms with Gasteiger partial charge in [0.05, 0.1) is 18.1 Å². The maximum Gasteiger partial charge on any atom is 0.307 e. The van der Waals surface area contributed by atoms with Crippen LogP contribution in [-0.4, -0.2) is 17.0 Å². The molecule has 5 nitrogen and oxygen atoms in total. The number of carbonyl (C=O) groups is 2. The zero-order valence-corrected chi connectivity index (χ0v) is 13.0. The van der Waals surface area contributed by atoms with Crippen molar-refractivity contribution in [3.05, 3.63) is 65.2 Å². The smallest absolute Gasteiger partial charge is 0.307 e. The summed E-state index contributed by atoms with van der Waals surface area (Å²) in [7, 11) is 0. The molecule has 0 atom stereocenters. The minimum Gasteiger partial charge on any atom is -0.481 e. The Morgan fingerprint density at radius 3 is 2.26 bits per heavy atom. The van der Waals surface area contributed by atoms with E-state index >= 15 is 0 Å². The Kier molecular flexibility index (Phi) is 7.02. The van der Waals surface area contributed by atoms with Crippen molar-refractivity contribution in [3.8, 4) is 6.07 Å². The van der Waals surface area contributed by atoms with Crippen molar-refractivity contribution < 1.29 is 14.7 Å². The van der Waals surface area contributed by atoms with Crippen LogP contribution >= 0.6 is 0 Å². The predicted octanol–water partition coefficient (Wildman–Crippen LogP) is 3.46. The summed E-state index contributed by atoms with van der Waals surface area (Å²) in [6, 6.07) is 15.0. The molecule has 23 heavy (non-hydrogen) atoms. The summed E-state index contributed by atoms with van der Waals surface area (Å²) >= 11 is 0. The van der Waals surface area contributed by atoms with Gasteiger partial charge in [0.2, 0.25) is 0 Å². The summed E-state index contributed by atoms with van der Waals surface area (Å²) < 4.78 is 0. The number of nitrogens with zero attached hydrogens (tertiary/aromatic N) is 1. The number of anilines is 1. The molecule has 0 saturated heterocycles. The van der Waals surface area contributed by atoms with Crippen LogP contribution < -0.4 is 5.32 Å². The third kappa shape index (κ3) is 5.29. The van der Waals surface area contributed by atoms with Gasteiger partial charge in [-0.3, -0.25) is 9.59 Å². The summed E-state index contributed by atoms with van der Waals surface area (Å²) in [5, 5.41) is 20.3. The SMILES string of the molecule is CC.N#Cc1ccc(NC(=O)c2ccccc2CC(=O)O)cc1. The van der Waals surface area contributed by atoms with Gasteiger partial charge in [-0.15, -0.1) is 0 Å². The Morgan fingerprint density at radius 1 is 1.09 bits per heavy atom. The molecule has 2 aromatic rings. The second-order valence-corrected chi connectivity index (χ2v) is 4.37. The van der Waals surface area contributed by atoms with Gasteiger partial charge in [-0.25, -0.2) is 0 Å². The summed E-state index contributed by atoms with van der Waals surface area (Å²) in [6.07, 6.45) is -0.211. The van der Waals surface area contributed by atoms with E-state index in [1.54, 1.807) is 48.5 Å². The molecule has 1 amide bonds. The van der Waals surface area contributed by atoms with Crippen LogP contribution in [0.2, 0.25) is 0 Å². The lowest BCUT2D eigenvalue weighted by Gasteiger charge is -2.09. The van der Waals surface area contributed by atoms with Crippen LogP contribution in [0.1, 0.15) is 35.3 Å². The number of carboxylic acids is 1. The molecule has 0 unspecified atom stereocenters. The van der Waals surface area contributed by atoms with Crippen molar-refractivity contribution in [2.45, 2.75) is 20.3 Å². The van der Waals surface area contributed by atoms with Crippen molar-refractivity contribution >= 4 is 17.6 Å². The molecule has 0 aromatic heterocycles. The molecule has 0 aliphatic heterocycles. The Bertz CT molecular complexity index is 716. The number of carbonyl (C=O) groups excluding carboxylic acids is 1. The highest BCUT2D eigenvalue weighted by Crippen LogP contribution is 2.14. The van der Waals surface area contributed by atoms with Crippen LogP contribution in [0, 0.1) is 11.3 Å². The van der Waals surface area contributed by atoms with Crippen molar-refractivity contribution in [1.82, 2.24) is 0 Å². The number of carboxylic acid groups (broad SMARTS) is 1. The molecule has 0 saturated carbocycles. The fraction of sp³-hybridized carbons (Fsp3) is 0.167. The quantitative estimate of drug-likeness (QED) is 0.904. The second kappa shape index (κ2) is 9.00. The molecule has 0 fully saturated rings. The first kappa shape index (κ1) is 17.9. The molecule has 2 rings (SSSR count).